The van der Waals surface area contributed by atoms with Gasteiger partial charge in [0.15, 0.2) is 0 Å². The Balaban J connectivity index is 1.25. The number of ether oxygens (including phenoxy) is 1. The molecule has 5 nitrogen and oxygen atoms in total. The van der Waals surface area contributed by atoms with E-state index >= 15 is 0 Å². The minimum Gasteiger partial charge on any atom is -0.481 e. The van der Waals surface area contributed by atoms with Gasteiger partial charge in [-0.15, -0.1) is 0 Å². The highest BCUT2D eigenvalue weighted by atomic mass is 16.5. The summed E-state index contributed by atoms with van der Waals surface area (Å²) in [5.41, 5.74) is 1.33. The van der Waals surface area contributed by atoms with E-state index in [0.29, 0.717) is 18.9 Å². The predicted molar refractivity (Wildman–Crippen MR) is 82.8 cm³/mol. The molecule has 2 saturated carbocycles. The Bertz CT molecular complexity index is 611. The van der Waals surface area contributed by atoms with Gasteiger partial charge in [-0.2, -0.15) is 0 Å². The van der Waals surface area contributed by atoms with E-state index in [9.17, 15) is 9.59 Å². The summed E-state index contributed by atoms with van der Waals surface area (Å²) in [6.07, 6.45) is 2.00. The molecule has 23 heavy (non-hydrogen) atoms. The van der Waals surface area contributed by atoms with E-state index in [2.05, 4.69) is 17.4 Å². The van der Waals surface area contributed by atoms with Gasteiger partial charge in [-0.1, -0.05) is 30.3 Å². The van der Waals surface area contributed by atoms with Crippen molar-refractivity contribution >= 4 is 11.9 Å². The summed E-state index contributed by atoms with van der Waals surface area (Å²) in [7, 11) is 0. The van der Waals surface area contributed by atoms with E-state index in [4.69, 9.17) is 9.84 Å². The number of benzene rings is 1. The fraction of sp³-hybridized carbons (Fsp3) is 0.556. The molecule has 0 aromatic heterocycles. The molecule has 2 aliphatic carbocycles. The number of amides is 1. The Morgan fingerprint density at radius 3 is 2.52 bits per heavy atom. The molecule has 5 heteroatoms. The summed E-state index contributed by atoms with van der Waals surface area (Å²) in [4.78, 5) is 23.4. The van der Waals surface area contributed by atoms with Crippen LogP contribution in [0.5, 0.6) is 0 Å². The summed E-state index contributed by atoms with van der Waals surface area (Å²) >= 11 is 0. The maximum absolute atomic E-state index is 12.3. The highest BCUT2D eigenvalue weighted by Crippen LogP contribution is 2.52. The normalized spacial score (nSPS) is 38.1. The van der Waals surface area contributed by atoms with Crippen molar-refractivity contribution in [2.45, 2.75) is 37.3 Å². The van der Waals surface area contributed by atoms with E-state index in [1.807, 2.05) is 18.2 Å². The van der Waals surface area contributed by atoms with Crippen LogP contribution in [0.1, 0.15) is 30.7 Å². The Morgan fingerprint density at radius 2 is 1.83 bits per heavy atom. The van der Waals surface area contributed by atoms with E-state index in [1.54, 1.807) is 0 Å². The van der Waals surface area contributed by atoms with E-state index in [-0.39, 0.29) is 29.7 Å². The van der Waals surface area contributed by atoms with Crippen LogP contribution in [0.3, 0.4) is 0 Å². The first kappa shape index (κ1) is 14.7. The third-order valence-electron chi connectivity index (χ3n) is 5.64. The van der Waals surface area contributed by atoms with Crippen LogP contribution in [0.15, 0.2) is 30.3 Å². The van der Waals surface area contributed by atoms with Crippen molar-refractivity contribution in [2.75, 3.05) is 6.61 Å². The van der Waals surface area contributed by atoms with Crippen molar-refractivity contribution in [3.05, 3.63) is 35.9 Å². The Morgan fingerprint density at radius 1 is 1.09 bits per heavy atom. The minimum absolute atomic E-state index is 0.0731. The molecule has 1 aromatic carbocycles. The smallest absolute Gasteiger partial charge is 0.307 e. The molecule has 0 bridgehead atoms. The molecule has 1 aromatic rings. The van der Waals surface area contributed by atoms with Gasteiger partial charge in [0.25, 0.3) is 0 Å². The largest absolute Gasteiger partial charge is 0.481 e. The lowest BCUT2D eigenvalue weighted by Crippen LogP contribution is -2.48. The number of carboxylic acids is 1. The average molecular weight is 315 g/mol. The molecule has 3 fully saturated rings. The van der Waals surface area contributed by atoms with Crippen LogP contribution in [0.2, 0.25) is 0 Å². The van der Waals surface area contributed by atoms with Gasteiger partial charge in [0, 0.05) is 6.04 Å². The lowest BCUT2D eigenvalue weighted by atomic mass is 9.76. The molecule has 1 amide bonds. The molecule has 4 atom stereocenters. The molecule has 4 rings (SSSR count). The fourth-order valence-corrected chi connectivity index (χ4v) is 4.11. The number of hydrogen-bond acceptors (Lipinski definition) is 3. The number of aliphatic carboxylic acids is 1. The van der Waals surface area contributed by atoms with Crippen molar-refractivity contribution < 1.29 is 19.4 Å². The summed E-state index contributed by atoms with van der Waals surface area (Å²) in [6.45, 7) is 0.400. The van der Waals surface area contributed by atoms with Crippen LogP contribution in [0.4, 0.5) is 0 Å². The van der Waals surface area contributed by atoms with Crippen molar-refractivity contribution in [3.63, 3.8) is 0 Å². The van der Waals surface area contributed by atoms with Crippen LogP contribution >= 0.6 is 0 Å². The number of fused-ring (bicyclic) bond motifs is 1. The van der Waals surface area contributed by atoms with Gasteiger partial charge in [0.05, 0.1) is 12.5 Å². The third-order valence-corrected chi connectivity index (χ3v) is 5.64. The minimum atomic E-state index is -0.755. The molecule has 1 saturated heterocycles. The topological polar surface area (TPSA) is 75.6 Å². The van der Waals surface area contributed by atoms with E-state index in [1.165, 1.54) is 5.56 Å². The monoisotopic (exact) mass is 315 g/mol. The molecule has 3 aliphatic rings. The molecule has 1 aliphatic heterocycles. The van der Waals surface area contributed by atoms with Crippen LogP contribution in [-0.2, 0) is 14.3 Å². The van der Waals surface area contributed by atoms with Gasteiger partial charge in [-0.3, -0.25) is 9.59 Å². The lowest BCUT2D eigenvalue weighted by Gasteiger charge is -2.37. The van der Waals surface area contributed by atoms with Gasteiger partial charge in [0.1, 0.15) is 6.10 Å². The van der Waals surface area contributed by atoms with Crippen LogP contribution in [0, 0.1) is 17.8 Å². The van der Waals surface area contributed by atoms with Crippen LogP contribution in [0.25, 0.3) is 0 Å². The molecule has 0 spiro atoms. The highest BCUT2D eigenvalue weighted by molar-refractivity contribution is 5.82. The molecule has 2 N–H and O–H groups in total. The molecular formula is C18H21NO4. The molecule has 1 heterocycles. The first-order chi connectivity index (χ1) is 11.1. The van der Waals surface area contributed by atoms with Gasteiger partial charge in [0.2, 0.25) is 5.91 Å². The van der Waals surface area contributed by atoms with Crippen molar-refractivity contribution in [1.29, 1.82) is 0 Å². The average Bonchev–Trinajstić information content (AvgIpc) is 3.24. The number of carbonyl (C=O) groups is 2. The lowest BCUT2D eigenvalue weighted by molar-refractivity contribution is -0.139. The first-order valence-corrected chi connectivity index (χ1v) is 8.33. The van der Waals surface area contributed by atoms with E-state index < -0.39 is 12.1 Å². The Kier molecular flexibility index (Phi) is 3.60. The van der Waals surface area contributed by atoms with Crippen molar-refractivity contribution in [1.82, 2.24) is 5.32 Å². The molecular weight excluding hydrogens is 294 g/mol. The zero-order valence-electron chi connectivity index (χ0n) is 12.9. The SMILES string of the molecule is O=C(O)[C@@H]1[C@@H]2CO[C@H](C(=O)NC3CC(c4ccccc4)C3)C[C@@H]21. The van der Waals surface area contributed by atoms with Gasteiger partial charge >= 0.3 is 5.97 Å². The molecule has 122 valence electrons. The number of carboxylic acid groups (broad SMARTS) is 1. The Hall–Kier alpha value is -1.88. The number of rotatable bonds is 4. The van der Waals surface area contributed by atoms with Gasteiger partial charge in [-0.25, -0.2) is 0 Å². The second kappa shape index (κ2) is 5.64. The zero-order valence-corrected chi connectivity index (χ0v) is 12.9. The Labute approximate surface area is 135 Å². The van der Waals surface area contributed by atoms with E-state index in [0.717, 1.165) is 12.8 Å². The molecule has 0 unspecified atom stereocenters. The quantitative estimate of drug-likeness (QED) is 0.888. The summed E-state index contributed by atoms with van der Waals surface area (Å²) in [5, 5.41) is 12.1. The van der Waals surface area contributed by atoms with Crippen LogP contribution < -0.4 is 5.32 Å². The predicted octanol–water partition coefficient (Wildman–Crippen LogP) is 1.78. The summed E-state index contributed by atoms with van der Waals surface area (Å²) in [6, 6.07) is 10.6. The second-order valence-electron chi connectivity index (χ2n) is 7.03. The molecule has 0 radical (unpaired) electrons. The summed E-state index contributed by atoms with van der Waals surface area (Å²) in [5.74, 6) is -0.375. The van der Waals surface area contributed by atoms with Crippen molar-refractivity contribution in [2.24, 2.45) is 17.8 Å². The van der Waals surface area contributed by atoms with Crippen molar-refractivity contribution in [3.8, 4) is 0 Å². The van der Waals surface area contributed by atoms with Gasteiger partial charge < -0.3 is 15.2 Å². The number of carbonyl (C=O) groups excluding carboxylic acids is 1. The highest BCUT2D eigenvalue weighted by Gasteiger charge is 2.58. The fourth-order valence-electron chi connectivity index (χ4n) is 4.11. The maximum atomic E-state index is 12.3. The zero-order chi connectivity index (χ0) is 16.0. The number of hydrogen-bond donors (Lipinski definition) is 2. The summed E-state index contributed by atoms with van der Waals surface area (Å²) < 4.78 is 5.58. The van der Waals surface area contributed by atoms with Gasteiger partial charge in [-0.05, 0) is 42.6 Å². The third kappa shape index (κ3) is 2.74. The first-order valence-electron chi connectivity index (χ1n) is 8.33. The standard InChI is InChI=1S/C18H21NO4/c20-17(15-8-13-14(9-23-15)16(13)18(21)22)19-12-6-11(7-12)10-4-2-1-3-5-10/h1-5,11-16H,6-9H2,(H,19,20)(H,21,22)/t11?,12?,13-,14+,15-,16-/m0/s1. The maximum Gasteiger partial charge on any atom is 0.307 e. The number of nitrogens with one attached hydrogen (secondary N) is 1. The second-order valence-corrected chi connectivity index (χ2v) is 7.03. The van der Waals surface area contributed by atoms with Crippen LogP contribution in [-0.4, -0.2) is 35.7 Å².